The summed E-state index contributed by atoms with van der Waals surface area (Å²) in [5, 5.41) is 14.4. The van der Waals surface area contributed by atoms with E-state index in [0.29, 0.717) is 43.2 Å². The van der Waals surface area contributed by atoms with Crippen molar-refractivity contribution in [3.05, 3.63) is 51.8 Å². The molecule has 0 saturated carbocycles. The molecule has 2 aliphatic rings. The number of likely N-dealkylation sites (tertiary alicyclic amines) is 1. The fraction of sp³-hybridized carbons (Fsp3) is 0.450. The molecule has 4 rings (SSSR count). The lowest BCUT2D eigenvalue weighted by molar-refractivity contribution is 0.0732. The number of aromatic nitrogens is 2. The average Bonchev–Trinajstić information content (AvgIpc) is 3.35. The Morgan fingerprint density at radius 3 is 2.86 bits per heavy atom. The van der Waals surface area contributed by atoms with Gasteiger partial charge < -0.3 is 14.9 Å². The molecule has 1 aromatic carbocycles. The molecule has 1 atom stereocenters. The van der Waals surface area contributed by atoms with E-state index < -0.39 is 6.09 Å². The van der Waals surface area contributed by atoms with Gasteiger partial charge in [0, 0.05) is 37.4 Å². The quantitative estimate of drug-likeness (QED) is 0.851. The summed E-state index contributed by atoms with van der Waals surface area (Å²) in [5.41, 5.74) is 3.65. The largest absolute Gasteiger partial charge is 0.465 e. The molecule has 2 aliphatic heterocycles. The number of carbonyl (C=O) groups is 2. The highest BCUT2D eigenvalue weighted by Crippen LogP contribution is 2.38. The first kappa shape index (κ1) is 18.8. The van der Waals surface area contributed by atoms with E-state index in [-0.39, 0.29) is 11.9 Å². The Labute approximate surface area is 168 Å². The molecule has 7 nitrogen and oxygen atoms in total. The van der Waals surface area contributed by atoms with E-state index in [2.05, 4.69) is 5.10 Å². The maximum Gasteiger partial charge on any atom is 0.407 e. The van der Waals surface area contributed by atoms with Gasteiger partial charge in [-0.25, -0.2) is 4.79 Å². The first-order valence-corrected chi connectivity index (χ1v) is 9.98. The number of fused-ring (bicyclic) bond motifs is 1. The van der Waals surface area contributed by atoms with Crippen LogP contribution < -0.4 is 0 Å². The van der Waals surface area contributed by atoms with Gasteiger partial charge in [-0.3, -0.25) is 9.48 Å². The fourth-order valence-corrected chi connectivity index (χ4v) is 4.53. The third-order valence-electron chi connectivity index (χ3n) is 5.69. The smallest absolute Gasteiger partial charge is 0.407 e. The molecular formula is C20H23ClN4O3. The number of halogens is 1. The van der Waals surface area contributed by atoms with E-state index in [9.17, 15) is 14.7 Å². The van der Waals surface area contributed by atoms with Crippen LogP contribution in [0.4, 0.5) is 4.79 Å². The Kier molecular flexibility index (Phi) is 5.02. The Morgan fingerprint density at radius 2 is 2.14 bits per heavy atom. The van der Waals surface area contributed by atoms with E-state index in [1.54, 1.807) is 17.1 Å². The molecule has 0 bridgehead atoms. The van der Waals surface area contributed by atoms with Crippen LogP contribution in [0.5, 0.6) is 0 Å². The zero-order valence-corrected chi connectivity index (χ0v) is 16.5. The van der Waals surface area contributed by atoms with Crippen molar-refractivity contribution in [1.29, 1.82) is 0 Å². The summed E-state index contributed by atoms with van der Waals surface area (Å²) in [4.78, 5) is 27.9. The van der Waals surface area contributed by atoms with Crippen LogP contribution in [0.1, 0.15) is 52.9 Å². The van der Waals surface area contributed by atoms with Crippen molar-refractivity contribution in [2.45, 2.75) is 45.3 Å². The van der Waals surface area contributed by atoms with Gasteiger partial charge in [0.05, 0.1) is 17.8 Å². The monoisotopic (exact) mass is 402 g/mol. The predicted octanol–water partition coefficient (Wildman–Crippen LogP) is 3.57. The lowest BCUT2D eigenvalue weighted by atomic mass is 9.90. The number of amides is 2. The molecule has 0 spiro atoms. The molecule has 3 heterocycles. The van der Waals surface area contributed by atoms with E-state index in [4.69, 9.17) is 11.6 Å². The molecule has 2 aromatic rings. The number of rotatable bonds is 3. The topological polar surface area (TPSA) is 78.7 Å². The molecule has 2 amide bonds. The Bertz CT molecular complexity index is 926. The summed E-state index contributed by atoms with van der Waals surface area (Å²) < 4.78 is 1.74. The SMILES string of the molecule is CCn1cc(C(=O)N2CCc3cc(Cl)cc([C@@H]4CCCN4C(=O)O)c3C2)cn1. The third-order valence-corrected chi connectivity index (χ3v) is 5.91. The summed E-state index contributed by atoms with van der Waals surface area (Å²) in [7, 11) is 0. The summed E-state index contributed by atoms with van der Waals surface area (Å²) in [6.07, 6.45) is 4.77. The van der Waals surface area contributed by atoms with Gasteiger partial charge in [0.2, 0.25) is 0 Å². The number of carboxylic acid groups (broad SMARTS) is 1. The van der Waals surface area contributed by atoms with E-state index >= 15 is 0 Å². The van der Waals surface area contributed by atoms with Crippen LogP contribution >= 0.6 is 11.6 Å². The normalized spacial score (nSPS) is 19.0. The zero-order valence-electron chi connectivity index (χ0n) is 15.8. The van der Waals surface area contributed by atoms with Crippen molar-refractivity contribution in [2.75, 3.05) is 13.1 Å². The highest BCUT2D eigenvalue weighted by molar-refractivity contribution is 6.30. The van der Waals surface area contributed by atoms with Crippen molar-refractivity contribution in [1.82, 2.24) is 19.6 Å². The van der Waals surface area contributed by atoms with Gasteiger partial charge in [0.1, 0.15) is 0 Å². The van der Waals surface area contributed by atoms with Crippen molar-refractivity contribution >= 4 is 23.6 Å². The number of hydrogen-bond donors (Lipinski definition) is 1. The molecule has 0 aliphatic carbocycles. The predicted molar refractivity (Wildman–Crippen MR) is 105 cm³/mol. The van der Waals surface area contributed by atoms with Crippen LogP contribution in [0.2, 0.25) is 5.02 Å². The average molecular weight is 403 g/mol. The minimum atomic E-state index is -0.910. The molecule has 1 fully saturated rings. The Hall–Kier alpha value is -2.54. The van der Waals surface area contributed by atoms with Crippen LogP contribution in [0.25, 0.3) is 0 Å². The summed E-state index contributed by atoms with van der Waals surface area (Å²) >= 11 is 6.34. The standard InChI is InChI=1S/C20H23ClN4O3/c1-2-24-11-14(10-22-24)19(26)23-7-5-13-8-15(21)9-16(17(13)12-23)18-4-3-6-25(18)20(27)28/h8-11,18H,2-7,12H2,1H3,(H,27,28)/t18-/m0/s1. The van der Waals surface area contributed by atoms with Gasteiger partial charge in [-0.15, -0.1) is 0 Å². The van der Waals surface area contributed by atoms with Crippen molar-refractivity contribution < 1.29 is 14.7 Å². The van der Waals surface area contributed by atoms with Gasteiger partial charge in [-0.1, -0.05) is 11.6 Å². The maximum absolute atomic E-state index is 13.0. The molecule has 8 heteroatoms. The molecule has 1 aromatic heterocycles. The lowest BCUT2D eigenvalue weighted by Gasteiger charge is -2.33. The lowest BCUT2D eigenvalue weighted by Crippen LogP contribution is -2.37. The third kappa shape index (κ3) is 3.35. The van der Waals surface area contributed by atoms with Crippen LogP contribution in [-0.4, -0.2) is 49.8 Å². The second-order valence-electron chi connectivity index (χ2n) is 7.33. The molecule has 148 valence electrons. The molecule has 1 saturated heterocycles. The number of aryl methyl sites for hydroxylation is 1. The molecular weight excluding hydrogens is 380 g/mol. The number of carbonyl (C=O) groups excluding carboxylic acids is 1. The van der Waals surface area contributed by atoms with Gasteiger partial charge in [0.25, 0.3) is 5.91 Å². The van der Waals surface area contributed by atoms with Crippen LogP contribution in [0, 0.1) is 0 Å². The zero-order chi connectivity index (χ0) is 19.8. The van der Waals surface area contributed by atoms with Gasteiger partial charge in [0.15, 0.2) is 0 Å². The van der Waals surface area contributed by atoms with Gasteiger partial charge in [-0.05, 0) is 55.0 Å². The Balaban J connectivity index is 1.65. The van der Waals surface area contributed by atoms with Crippen molar-refractivity contribution in [3.63, 3.8) is 0 Å². The van der Waals surface area contributed by atoms with E-state index in [1.807, 2.05) is 24.0 Å². The fourth-order valence-electron chi connectivity index (χ4n) is 4.28. The van der Waals surface area contributed by atoms with E-state index in [1.165, 1.54) is 4.90 Å². The number of hydrogen-bond acceptors (Lipinski definition) is 3. The second-order valence-corrected chi connectivity index (χ2v) is 7.76. The number of benzene rings is 1. The molecule has 1 N–H and O–H groups in total. The first-order valence-electron chi connectivity index (χ1n) is 9.60. The minimum absolute atomic E-state index is 0.0484. The summed E-state index contributed by atoms with van der Waals surface area (Å²) in [6, 6.07) is 3.61. The first-order chi connectivity index (χ1) is 13.5. The Morgan fingerprint density at radius 1 is 1.32 bits per heavy atom. The van der Waals surface area contributed by atoms with E-state index in [0.717, 1.165) is 29.5 Å². The second kappa shape index (κ2) is 7.47. The van der Waals surface area contributed by atoms with Crippen LogP contribution in [-0.2, 0) is 19.5 Å². The van der Waals surface area contributed by atoms with Crippen molar-refractivity contribution in [2.24, 2.45) is 0 Å². The number of nitrogens with zero attached hydrogens (tertiary/aromatic N) is 4. The molecule has 0 radical (unpaired) electrons. The highest BCUT2D eigenvalue weighted by Gasteiger charge is 2.34. The van der Waals surface area contributed by atoms with Crippen LogP contribution in [0.15, 0.2) is 24.5 Å². The molecule has 0 unspecified atom stereocenters. The maximum atomic E-state index is 13.0. The molecule has 28 heavy (non-hydrogen) atoms. The van der Waals surface area contributed by atoms with Gasteiger partial charge >= 0.3 is 6.09 Å². The summed E-state index contributed by atoms with van der Waals surface area (Å²) in [5.74, 6) is -0.0484. The highest BCUT2D eigenvalue weighted by atomic mass is 35.5. The van der Waals surface area contributed by atoms with Gasteiger partial charge in [-0.2, -0.15) is 5.10 Å². The van der Waals surface area contributed by atoms with Crippen molar-refractivity contribution in [3.8, 4) is 0 Å². The summed E-state index contributed by atoms with van der Waals surface area (Å²) in [6.45, 7) is 4.29. The minimum Gasteiger partial charge on any atom is -0.465 e. The van der Waals surface area contributed by atoms with Crippen LogP contribution in [0.3, 0.4) is 0 Å².